The Morgan fingerprint density at radius 2 is 2.00 bits per heavy atom. The van der Waals surface area contributed by atoms with Crippen molar-refractivity contribution >= 4 is 23.2 Å². The third-order valence-electron chi connectivity index (χ3n) is 6.92. The average molecular weight is 424 g/mol. The van der Waals surface area contributed by atoms with Crippen LogP contribution in [0, 0.1) is 17.6 Å². The Labute approximate surface area is 177 Å². The molecule has 1 aliphatic carbocycles. The van der Waals surface area contributed by atoms with Crippen molar-refractivity contribution in [2.24, 2.45) is 5.92 Å². The van der Waals surface area contributed by atoms with Crippen LogP contribution in [0.1, 0.15) is 31.2 Å². The lowest BCUT2D eigenvalue weighted by Crippen LogP contribution is -2.34. The van der Waals surface area contributed by atoms with Crippen LogP contribution in [0.25, 0.3) is 5.65 Å². The van der Waals surface area contributed by atoms with Crippen molar-refractivity contribution in [2.45, 2.75) is 31.2 Å². The number of hydrogen-bond acceptors (Lipinski definition) is 4. The first-order chi connectivity index (χ1) is 15.1. The fourth-order valence-corrected chi connectivity index (χ4v) is 5.31. The highest BCUT2D eigenvalue weighted by Gasteiger charge is 2.64. The number of nitrogens with zero attached hydrogens (tertiary/aromatic N) is 5. The van der Waals surface area contributed by atoms with Gasteiger partial charge in [-0.3, -0.25) is 0 Å². The van der Waals surface area contributed by atoms with Crippen LogP contribution < -0.4 is 10.2 Å². The molecule has 3 aliphatic rings. The molecule has 1 N–H and O–H groups in total. The van der Waals surface area contributed by atoms with Crippen LogP contribution in [0.3, 0.4) is 0 Å². The minimum Gasteiger partial charge on any atom is -0.346 e. The third-order valence-corrected chi connectivity index (χ3v) is 6.92. The van der Waals surface area contributed by atoms with E-state index in [1.165, 1.54) is 12.1 Å². The number of likely N-dealkylation sites (tertiary alicyclic amines) is 1. The molecule has 160 valence electrons. The average Bonchev–Trinajstić information content (AvgIpc) is 3.18. The van der Waals surface area contributed by atoms with Gasteiger partial charge in [0.15, 0.2) is 5.65 Å². The summed E-state index contributed by atoms with van der Waals surface area (Å²) in [6, 6.07) is 5.35. The molecule has 3 fully saturated rings. The number of anilines is 2. The van der Waals surface area contributed by atoms with Crippen molar-refractivity contribution in [3.05, 3.63) is 53.9 Å². The highest BCUT2D eigenvalue weighted by Crippen LogP contribution is 2.63. The van der Waals surface area contributed by atoms with E-state index >= 15 is 0 Å². The third kappa shape index (κ3) is 2.79. The minimum absolute atomic E-state index is 0.152. The minimum atomic E-state index is -0.559. The number of halogens is 2. The number of urea groups is 1. The van der Waals surface area contributed by atoms with Gasteiger partial charge in [0.25, 0.3) is 0 Å². The Hall–Kier alpha value is -3.23. The van der Waals surface area contributed by atoms with Gasteiger partial charge >= 0.3 is 6.03 Å². The zero-order valence-corrected chi connectivity index (χ0v) is 16.9. The van der Waals surface area contributed by atoms with Crippen molar-refractivity contribution in [3.63, 3.8) is 0 Å². The summed E-state index contributed by atoms with van der Waals surface area (Å²) in [5.74, 6) is 0.128. The molecule has 31 heavy (non-hydrogen) atoms. The lowest BCUT2D eigenvalue weighted by molar-refractivity contribution is 0.222. The summed E-state index contributed by atoms with van der Waals surface area (Å²) in [7, 11) is 0. The highest BCUT2D eigenvalue weighted by atomic mass is 19.1. The predicted molar refractivity (Wildman–Crippen MR) is 111 cm³/mol. The largest absolute Gasteiger partial charge is 0.346 e. The molecule has 4 heterocycles. The summed E-state index contributed by atoms with van der Waals surface area (Å²) in [6.07, 6.45) is 7.08. The fourth-order valence-electron chi connectivity index (χ4n) is 5.31. The topological polar surface area (TPSA) is 65.8 Å². The highest BCUT2D eigenvalue weighted by molar-refractivity contribution is 5.93. The molecule has 2 aromatic heterocycles. The second-order valence-corrected chi connectivity index (χ2v) is 8.63. The van der Waals surface area contributed by atoms with E-state index in [1.807, 2.05) is 6.07 Å². The van der Waals surface area contributed by atoms with E-state index in [0.717, 1.165) is 44.8 Å². The van der Waals surface area contributed by atoms with E-state index in [4.69, 9.17) is 4.98 Å². The summed E-state index contributed by atoms with van der Waals surface area (Å²) < 4.78 is 30.2. The zero-order valence-electron chi connectivity index (χ0n) is 16.9. The van der Waals surface area contributed by atoms with Crippen LogP contribution in [-0.2, 0) is 5.54 Å². The lowest BCUT2D eigenvalue weighted by atomic mass is 10.0. The molecular weight excluding hydrogens is 402 g/mol. The van der Waals surface area contributed by atoms with Crippen LogP contribution in [0.5, 0.6) is 0 Å². The molecule has 2 aliphatic heterocycles. The maximum absolute atomic E-state index is 14.7. The molecular formula is C22H22F2N6O. The van der Waals surface area contributed by atoms with Gasteiger partial charge in [0.05, 0.1) is 11.7 Å². The van der Waals surface area contributed by atoms with Gasteiger partial charge in [-0.25, -0.2) is 23.1 Å². The van der Waals surface area contributed by atoms with Gasteiger partial charge in [-0.2, -0.15) is 5.10 Å². The number of carbonyl (C=O) groups is 1. The first kappa shape index (κ1) is 18.5. The molecule has 0 spiro atoms. The van der Waals surface area contributed by atoms with Gasteiger partial charge in [0.2, 0.25) is 0 Å². The van der Waals surface area contributed by atoms with E-state index in [1.54, 1.807) is 21.8 Å². The van der Waals surface area contributed by atoms with Crippen molar-refractivity contribution in [2.75, 3.05) is 29.9 Å². The van der Waals surface area contributed by atoms with Crippen LogP contribution in [-0.4, -0.2) is 45.2 Å². The van der Waals surface area contributed by atoms with Crippen LogP contribution in [0.4, 0.5) is 25.1 Å². The molecule has 3 aromatic rings. The number of aromatic nitrogens is 3. The molecule has 0 bridgehead atoms. The van der Waals surface area contributed by atoms with E-state index in [9.17, 15) is 13.6 Å². The monoisotopic (exact) mass is 424 g/mol. The van der Waals surface area contributed by atoms with Gasteiger partial charge < -0.3 is 15.1 Å². The number of nitrogens with one attached hydrogen (secondary N) is 1. The first-order valence-electron chi connectivity index (χ1n) is 10.7. The van der Waals surface area contributed by atoms with Crippen molar-refractivity contribution in [1.82, 2.24) is 19.5 Å². The van der Waals surface area contributed by atoms with Gasteiger partial charge in [0.1, 0.15) is 23.1 Å². The number of piperidine rings is 1. The predicted octanol–water partition coefficient (Wildman–Crippen LogP) is 3.76. The standard InChI is InChI=1S/C22H22F2N6O/c23-15-3-4-17(24)16(11-15)22-12-14(22)5-9-29(22)19-6-10-30-20(27-19)18(13-25-30)26-21(31)28-7-1-2-8-28/h3-4,6,10-11,13-14H,1-2,5,7-9,12H2,(H,26,31)/t14-,22+/m0/s1. The van der Waals surface area contributed by atoms with Crippen LogP contribution in [0.15, 0.2) is 36.7 Å². The zero-order chi connectivity index (χ0) is 21.2. The van der Waals surface area contributed by atoms with Gasteiger partial charge in [0, 0.05) is 31.4 Å². The molecule has 9 heteroatoms. The van der Waals surface area contributed by atoms with Gasteiger partial charge in [-0.1, -0.05) is 0 Å². The summed E-state index contributed by atoms with van der Waals surface area (Å²) in [4.78, 5) is 21.2. The summed E-state index contributed by atoms with van der Waals surface area (Å²) in [5, 5.41) is 7.21. The number of hydrogen-bond donors (Lipinski definition) is 1. The van der Waals surface area contributed by atoms with Crippen molar-refractivity contribution in [3.8, 4) is 0 Å². The second-order valence-electron chi connectivity index (χ2n) is 8.63. The molecule has 6 rings (SSSR count). The molecule has 2 atom stereocenters. The lowest BCUT2D eigenvalue weighted by Gasteiger charge is -2.30. The molecule has 2 saturated heterocycles. The number of amides is 2. The number of benzene rings is 1. The van der Waals surface area contributed by atoms with Crippen LogP contribution >= 0.6 is 0 Å². The van der Waals surface area contributed by atoms with E-state index in [0.29, 0.717) is 29.3 Å². The van der Waals surface area contributed by atoms with E-state index in [-0.39, 0.29) is 17.8 Å². The Morgan fingerprint density at radius 3 is 2.81 bits per heavy atom. The smallest absolute Gasteiger partial charge is 0.321 e. The molecule has 1 saturated carbocycles. The summed E-state index contributed by atoms with van der Waals surface area (Å²) in [6.45, 7) is 2.22. The Balaban J connectivity index is 1.35. The van der Waals surface area contributed by atoms with Gasteiger partial charge in [-0.05, 0) is 55.9 Å². The quantitative estimate of drug-likeness (QED) is 0.695. The SMILES string of the molecule is O=C(Nc1cnn2ccc(N3CC[C@H]4C[C@]43c3cc(F)ccc3F)nc12)N1CCCC1. The van der Waals surface area contributed by atoms with Crippen molar-refractivity contribution < 1.29 is 13.6 Å². The Kier molecular flexibility index (Phi) is 3.97. The molecule has 7 nitrogen and oxygen atoms in total. The number of rotatable bonds is 3. The summed E-state index contributed by atoms with van der Waals surface area (Å²) >= 11 is 0. The molecule has 2 amide bonds. The molecule has 0 unspecified atom stereocenters. The van der Waals surface area contributed by atoms with Crippen molar-refractivity contribution in [1.29, 1.82) is 0 Å². The number of fused-ring (bicyclic) bond motifs is 2. The summed E-state index contributed by atoms with van der Waals surface area (Å²) in [5.41, 5.74) is 0.907. The number of carbonyl (C=O) groups excluding carboxylic acids is 1. The van der Waals surface area contributed by atoms with Gasteiger partial charge in [-0.15, -0.1) is 0 Å². The Morgan fingerprint density at radius 1 is 1.16 bits per heavy atom. The maximum atomic E-state index is 14.7. The fraction of sp³-hybridized carbons (Fsp3) is 0.409. The maximum Gasteiger partial charge on any atom is 0.321 e. The van der Waals surface area contributed by atoms with E-state index < -0.39 is 11.4 Å². The molecule has 1 aromatic carbocycles. The molecule has 0 radical (unpaired) electrons. The van der Waals surface area contributed by atoms with E-state index in [2.05, 4.69) is 15.3 Å². The van der Waals surface area contributed by atoms with Crippen LogP contribution in [0.2, 0.25) is 0 Å². The second kappa shape index (κ2) is 6.63. The normalized spacial score (nSPS) is 24.6. The Bertz CT molecular complexity index is 1190. The first-order valence-corrected chi connectivity index (χ1v) is 10.7.